The highest BCUT2D eigenvalue weighted by molar-refractivity contribution is 5.73. The van der Waals surface area contributed by atoms with Crippen LogP contribution in [0.2, 0.25) is 0 Å². The quantitative estimate of drug-likeness (QED) is 0.148. The van der Waals surface area contributed by atoms with E-state index in [1.54, 1.807) is 0 Å². The van der Waals surface area contributed by atoms with E-state index in [-0.39, 0.29) is 25.6 Å². The summed E-state index contributed by atoms with van der Waals surface area (Å²) in [5.74, 6) is -1.18. The van der Waals surface area contributed by atoms with E-state index in [1.807, 2.05) is 74.5 Å². The fraction of sp³-hybridized carbons (Fsp3) is 0.500. The molecule has 49 heavy (non-hydrogen) atoms. The third-order valence-corrected chi connectivity index (χ3v) is 9.49. The third kappa shape index (κ3) is 9.69. The molecule has 262 valence electrons. The van der Waals surface area contributed by atoms with Gasteiger partial charge in [0.05, 0.1) is 38.8 Å². The lowest BCUT2D eigenvalue weighted by molar-refractivity contribution is -0.422. The first-order valence-electron chi connectivity index (χ1n) is 17.5. The molecule has 3 aromatic carbocycles. The number of esters is 2. The highest BCUT2D eigenvalue weighted by Gasteiger charge is 2.58. The minimum Gasteiger partial charge on any atom is -0.489 e. The zero-order valence-corrected chi connectivity index (χ0v) is 28.6. The summed E-state index contributed by atoms with van der Waals surface area (Å²) in [5, 5.41) is 0. The molecule has 9 heteroatoms. The van der Waals surface area contributed by atoms with Crippen molar-refractivity contribution >= 4 is 11.9 Å². The molecule has 0 saturated carbocycles. The molecule has 3 heterocycles. The molecule has 3 saturated heterocycles. The fourth-order valence-corrected chi connectivity index (χ4v) is 6.78. The number of rotatable bonds is 12. The van der Waals surface area contributed by atoms with Gasteiger partial charge in [0.1, 0.15) is 24.6 Å². The SMILES string of the molecule is CC1(C)CO[C@@H]2CC(=O)O[C@@H](COCc3ccccc3)CC(=O)O[C@@H]3C[C@@H](CCCCc4cccc(OCc5ccccc5)c4)O[C@@]1(C3)O2. The van der Waals surface area contributed by atoms with Gasteiger partial charge in [0, 0.05) is 18.3 Å². The topological polar surface area (TPSA) is 98.8 Å². The second-order valence-corrected chi connectivity index (χ2v) is 14.0. The van der Waals surface area contributed by atoms with Crippen molar-refractivity contribution in [3.63, 3.8) is 0 Å². The molecule has 3 bridgehead atoms. The monoisotopic (exact) mass is 672 g/mol. The maximum atomic E-state index is 13.3. The predicted octanol–water partition coefficient (Wildman–Crippen LogP) is 7.09. The Morgan fingerprint density at radius 3 is 2.24 bits per heavy atom. The lowest BCUT2D eigenvalue weighted by Crippen LogP contribution is -2.63. The molecule has 3 fully saturated rings. The molecule has 0 N–H and O–H groups in total. The Bertz CT molecular complexity index is 1510. The number of unbranched alkanes of at least 4 members (excludes halogenated alkanes) is 1. The summed E-state index contributed by atoms with van der Waals surface area (Å²) in [6.07, 6.45) is 2.06. The largest absolute Gasteiger partial charge is 0.489 e. The first kappa shape index (κ1) is 35.1. The molecule has 5 atom stereocenters. The van der Waals surface area contributed by atoms with Gasteiger partial charge in [0.2, 0.25) is 0 Å². The maximum Gasteiger partial charge on any atom is 0.311 e. The molecule has 6 rings (SSSR count). The summed E-state index contributed by atoms with van der Waals surface area (Å²) in [5.41, 5.74) is 2.80. The van der Waals surface area contributed by atoms with Crippen molar-refractivity contribution in [3.05, 3.63) is 102 Å². The number of ether oxygens (including phenoxy) is 7. The van der Waals surface area contributed by atoms with E-state index in [9.17, 15) is 9.59 Å². The van der Waals surface area contributed by atoms with Crippen LogP contribution in [0.4, 0.5) is 0 Å². The average Bonchev–Trinajstić information content (AvgIpc) is 3.08. The molecule has 0 aromatic heterocycles. The second kappa shape index (κ2) is 16.3. The summed E-state index contributed by atoms with van der Waals surface area (Å²) in [6, 6.07) is 28.1. The Morgan fingerprint density at radius 2 is 1.47 bits per heavy atom. The number of carbonyl (C=O) groups excluding carboxylic acids is 2. The van der Waals surface area contributed by atoms with Crippen LogP contribution in [-0.2, 0) is 57.6 Å². The Hall–Kier alpha value is -3.76. The molecule has 0 radical (unpaired) electrons. The minimum atomic E-state index is -1.08. The van der Waals surface area contributed by atoms with Gasteiger partial charge in [-0.2, -0.15) is 0 Å². The van der Waals surface area contributed by atoms with Gasteiger partial charge in [-0.25, -0.2) is 0 Å². The number of cyclic esters (lactones) is 1. The molecular weight excluding hydrogens is 624 g/mol. The molecular formula is C40H48O9. The van der Waals surface area contributed by atoms with Gasteiger partial charge in [-0.1, -0.05) is 93.1 Å². The van der Waals surface area contributed by atoms with Gasteiger partial charge in [-0.05, 0) is 48.1 Å². The highest BCUT2D eigenvalue weighted by atomic mass is 16.8. The lowest BCUT2D eigenvalue weighted by atomic mass is 9.77. The van der Waals surface area contributed by atoms with Crippen molar-refractivity contribution in [3.8, 4) is 5.75 Å². The molecule has 3 aliphatic rings. The van der Waals surface area contributed by atoms with E-state index in [0.29, 0.717) is 32.7 Å². The number of hydrogen-bond acceptors (Lipinski definition) is 9. The summed E-state index contributed by atoms with van der Waals surface area (Å²) in [4.78, 5) is 26.3. The van der Waals surface area contributed by atoms with E-state index >= 15 is 0 Å². The number of aryl methyl sites for hydroxylation is 1. The number of carbonyl (C=O) groups is 2. The molecule has 3 aliphatic heterocycles. The van der Waals surface area contributed by atoms with Crippen LogP contribution in [0, 0.1) is 5.41 Å². The second-order valence-electron chi connectivity index (χ2n) is 14.0. The van der Waals surface area contributed by atoms with Crippen LogP contribution >= 0.6 is 0 Å². The van der Waals surface area contributed by atoms with Gasteiger partial charge in [-0.15, -0.1) is 0 Å². The standard InChI is InChI=1S/C40H48O9/c1-39(2)28-45-38-23-37(42)47-35(27-43-25-30-13-5-3-6-14-30)22-36(41)46-34-21-33(48-40(39,24-34)49-38)18-10-9-12-29-17-11-19-32(20-29)44-26-31-15-7-4-8-16-31/h3-8,11,13-17,19-20,33-35,38H,9-10,12,18,21-28H2,1-2H3/t33-,34-,35-,38+,40+/m1/s1. The van der Waals surface area contributed by atoms with E-state index < -0.39 is 41.6 Å². The molecule has 1 spiro atoms. The van der Waals surface area contributed by atoms with Gasteiger partial charge in [0.15, 0.2) is 12.1 Å². The van der Waals surface area contributed by atoms with Crippen molar-refractivity contribution < 1.29 is 42.7 Å². The fourth-order valence-electron chi connectivity index (χ4n) is 6.78. The van der Waals surface area contributed by atoms with E-state index in [4.69, 9.17) is 33.2 Å². The summed E-state index contributed by atoms with van der Waals surface area (Å²) >= 11 is 0. The van der Waals surface area contributed by atoms with Crippen LogP contribution in [0.15, 0.2) is 84.9 Å². The van der Waals surface area contributed by atoms with Crippen LogP contribution < -0.4 is 4.74 Å². The number of hydrogen-bond donors (Lipinski definition) is 0. The Morgan fingerprint density at radius 1 is 0.755 bits per heavy atom. The molecule has 0 unspecified atom stereocenters. The first-order valence-corrected chi connectivity index (χ1v) is 17.5. The normalized spacial score (nSPS) is 26.8. The van der Waals surface area contributed by atoms with E-state index in [2.05, 4.69) is 24.3 Å². The predicted molar refractivity (Wildman–Crippen MR) is 181 cm³/mol. The molecule has 9 nitrogen and oxygen atoms in total. The third-order valence-electron chi connectivity index (χ3n) is 9.49. The van der Waals surface area contributed by atoms with Gasteiger partial charge < -0.3 is 33.2 Å². The van der Waals surface area contributed by atoms with E-state index in [1.165, 1.54) is 5.56 Å². The van der Waals surface area contributed by atoms with Crippen LogP contribution in [0.3, 0.4) is 0 Å². The molecule has 3 aromatic rings. The Kier molecular flexibility index (Phi) is 11.7. The zero-order valence-electron chi connectivity index (χ0n) is 28.6. The average molecular weight is 673 g/mol. The molecule has 0 aliphatic carbocycles. The van der Waals surface area contributed by atoms with E-state index in [0.717, 1.165) is 42.6 Å². The number of fused-ring (bicyclic) bond motifs is 2. The lowest BCUT2D eigenvalue weighted by Gasteiger charge is -2.55. The minimum absolute atomic E-state index is 0.0670. The summed E-state index contributed by atoms with van der Waals surface area (Å²) in [6.45, 7) is 5.32. The summed E-state index contributed by atoms with van der Waals surface area (Å²) in [7, 11) is 0. The van der Waals surface area contributed by atoms with Gasteiger partial charge in [0.25, 0.3) is 0 Å². The van der Waals surface area contributed by atoms with Crippen molar-refractivity contribution in [2.45, 2.75) is 109 Å². The maximum absolute atomic E-state index is 13.3. The van der Waals surface area contributed by atoms with Crippen LogP contribution in [0.25, 0.3) is 0 Å². The van der Waals surface area contributed by atoms with Crippen LogP contribution in [-0.4, -0.2) is 55.5 Å². The Balaban J connectivity index is 1.06. The van der Waals surface area contributed by atoms with Crippen molar-refractivity contribution in [2.24, 2.45) is 5.41 Å². The van der Waals surface area contributed by atoms with Crippen LogP contribution in [0.5, 0.6) is 5.75 Å². The van der Waals surface area contributed by atoms with Gasteiger partial charge in [-0.3, -0.25) is 9.59 Å². The van der Waals surface area contributed by atoms with Gasteiger partial charge >= 0.3 is 11.9 Å². The smallest absolute Gasteiger partial charge is 0.311 e. The Labute approximate surface area is 289 Å². The first-order chi connectivity index (χ1) is 23.7. The van der Waals surface area contributed by atoms with Crippen molar-refractivity contribution in [2.75, 3.05) is 13.2 Å². The van der Waals surface area contributed by atoms with Crippen molar-refractivity contribution in [1.82, 2.24) is 0 Å². The highest BCUT2D eigenvalue weighted by Crippen LogP contribution is 2.49. The zero-order chi connectivity index (χ0) is 34.1. The summed E-state index contributed by atoms with van der Waals surface area (Å²) < 4.78 is 42.9. The van der Waals surface area contributed by atoms with Crippen molar-refractivity contribution in [1.29, 1.82) is 0 Å². The molecule has 0 amide bonds. The van der Waals surface area contributed by atoms with Crippen LogP contribution in [0.1, 0.15) is 75.5 Å². The number of benzene rings is 3.